The van der Waals surface area contributed by atoms with Gasteiger partial charge in [-0.3, -0.25) is 4.90 Å². The van der Waals surface area contributed by atoms with E-state index in [2.05, 4.69) is 26.1 Å². The van der Waals surface area contributed by atoms with Crippen molar-refractivity contribution < 1.29 is 5.11 Å². The topological polar surface area (TPSA) is 61.5 Å². The number of phenols is 1. The Hall–Kier alpha value is -0.780. The maximum Gasteiger partial charge on any atom is 0.144 e. The number of nitrogen functional groups attached to an aromatic ring is 1. The molecule has 1 aliphatic carbocycles. The molecule has 116 valence electrons. The number of nitrogens with zero attached hydrogens (tertiary/aromatic N) is 1. The van der Waals surface area contributed by atoms with Crippen molar-refractivity contribution in [1.29, 1.82) is 0 Å². The number of nitrogens with one attached hydrogen (secondary N) is 1. The Kier molecular flexibility index (Phi) is 4.72. The SMILES string of the molecule is Nc1ccc(Br)c([C@H](C2CCCC2)N2CCNCC2)c1O. The number of anilines is 1. The molecule has 1 aromatic rings. The number of rotatable bonds is 3. The molecule has 0 unspecified atom stereocenters. The van der Waals surface area contributed by atoms with Crippen LogP contribution in [-0.4, -0.2) is 36.2 Å². The molecule has 0 spiro atoms. The third kappa shape index (κ3) is 3.05. The Morgan fingerprint density at radius 1 is 1.24 bits per heavy atom. The van der Waals surface area contributed by atoms with Gasteiger partial charge in [-0.15, -0.1) is 0 Å². The first-order chi connectivity index (χ1) is 10.2. The summed E-state index contributed by atoms with van der Waals surface area (Å²) < 4.78 is 0.977. The van der Waals surface area contributed by atoms with Crippen molar-refractivity contribution in [3.05, 3.63) is 22.2 Å². The Labute approximate surface area is 134 Å². The van der Waals surface area contributed by atoms with Crippen LogP contribution in [-0.2, 0) is 0 Å². The van der Waals surface area contributed by atoms with E-state index in [1.165, 1.54) is 25.7 Å². The van der Waals surface area contributed by atoms with Gasteiger partial charge in [-0.25, -0.2) is 0 Å². The highest BCUT2D eigenvalue weighted by Crippen LogP contribution is 2.46. The smallest absolute Gasteiger partial charge is 0.144 e. The van der Waals surface area contributed by atoms with Crippen LogP contribution in [0, 0.1) is 5.92 Å². The fraction of sp³-hybridized carbons (Fsp3) is 0.625. The molecule has 4 nitrogen and oxygen atoms in total. The minimum atomic E-state index is 0.264. The maximum absolute atomic E-state index is 10.5. The zero-order valence-corrected chi connectivity index (χ0v) is 13.9. The van der Waals surface area contributed by atoms with Crippen LogP contribution in [0.2, 0.25) is 0 Å². The number of hydrogen-bond acceptors (Lipinski definition) is 4. The Bertz CT molecular complexity index is 497. The van der Waals surface area contributed by atoms with Crippen molar-refractivity contribution in [2.45, 2.75) is 31.7 Å². The summed E-state index contributed by atoms with van der Waals surface area (Å²) in [6.07, 6.45) is 5.09. The van der Waals surface area contributed by atoms with Gasteiger partial charge in [-0.2, -0.15) is 0 Å². The van der Waals surface area contributed by atoms with Gasteiger partial charge in [0.2, 0.25) is 0 Å². The largest absolute Gasteiger partial charge is 0.505 e. The summed E-state index contributed by atoms with van der Waals surface area (Å²) in [6, 6.07) is 4.01. The van der Waals surface area contributed by atoms with E-state index in [4.69, 9.17) is 5.73 Å². The van der Waals surface area contributed by atoms with Gasteiger partial charge in [0, 0.05) is 42.3 Å². The normalized spacial score (nSPS) is 22.5. The molecule has 2 aliphatic rings. The summed E-state index contributed by atoms with van der Waals surface area (Å²) in [4.78, 5) is 2.52. The maximum atomic E-state index is 10.5. The molecule has 1 saturated carbocycles. The summed E-state index contributed by atoms with van der Waals surface area (Å²) >= 11 is 3.64. The Morgan fingerprint density at radius 2 is 1.90 bits per heavy atom. The molecule has 0 bridgehead atoms. The lowest BCUT2D eigenvalue weighted by Gasteiger charge is -2.39. The lowest BCUT2D eigenvalue weighted by molar-refractivity contribution is 0.123. The van der Waals surface area contributed by atoms with Crippen LogP contribution in [0.4, 0.5) is 5.69 Å². The monoisotopic (exact) mass is 353 g/mol. The standard InChI is InChI=1S/C16H24BrN3O/c17-12-5-6-13(18)16(21)14(12)15(11-3-1-2-4-11)20-9-7-19-8-10-20/h5-6,11,15,19,21H,1-4,7-10,18H2/t15-/m0/s1. The van der Waals surface area contributed by atoms with Gasteiger partial charge in [0.1, 0.15) is 5.75 Å². The molecule has 1 saturated heterocycles. The predicted octanol–water partition coefficient (Wildman–Crippen LogP) is 2.87. The van der Waals surface area contributed by atoms with E-state index in [9.17, 15) is 5.11 Å². The highest BCUT2D eigenvalue weighted by atomic mass is 79.9. The van der Waals surface area contributed by atoms with Crippen LogP contribution in [0.15, 0.2) is 16.6 Å². The van der Waals surface area contributed by atoms with Gasteiger partial charge in [0.25, 0.3) is 0 Å². The molecule has 2 fully saturated rings. The highest BCUT2D eigenvalue weighted by molar-refractivity contribution is 9.10. The molecule has 5 heteroatoms. The second kappa shape index (κ2) is 6.55. The highest BCUT2D eigenvalue weighted by Gasteiger charge is 2.35. The van der Waals surface area contributed by atoms with E-state index in [0.29, 0.717) is 11.6 Å². The van der Waals surface area contributed by atoms with Crippen LogP contribution < -0.4 is 11.1 Å². The number of nitrogens with two attached hydrogens (primary N) is 1. The summed E-state index contributed by atoms with van der Waals surface area (Å²) in [6.45, 7) is 4.09. The molecule has 1 aromatic carbocycles. The molecule has 1 aliphatic heterocycles. The average molecular weight is 354 g/mol. The number of aromatic hydroxyl groups is 1. The minimum Gasteiger partial charge on any atom is -0.505 e. The first-order valence-corrected chi connectivity index (χ1v) is 8.69. The zero-order valence-electron chi connectivity index (χ0n) is 12.3. The van der Waals surface area contributed by atoms with E-state index < -0.39 is 0 Å². The summed E-state index contributed by atoms with van der Waals surface area (Å²) in [5.41, 5.74) is 7.42. The van der Waals surface area contributed by atoms with Gasteiger partial charge < -0.3 is 16.2 Å². The molecule has 0 aromatic heterocycles. The third-order valence-electron chi connectivity index (χ3n) is 4.88. The molecule has 3 rings (SSSR count). The number of halogens is 1. The first-order valence-electron chi connectivity index (χ1n) is 7.90. The van der Waals surface area contributed by atoms with Crippen LogP contribution in [0.1, 0.15) is 37.3 Å². The average Bonchev–Trinajstić information content (AvgIpc) is 3.02. The van der Waals surface area contributed by atoms with Crippen LogP contribution >= 0.6 is 15.9 Å². The molecule has 0 amide bonds. The van der Waals surface area contributed by atoms with Crippen LogP contribution in [0.5, 0.6) is 5.75 Å². The van der Waals surface area contributed by atoms with E-state index in [1.54, 1.807) is 6.07 Å². The second-order valence-corrected chi connectivity index (χ2v) is 7.03. The van der Waals surface area contributed by atoms with E-state index >= 15 is 0 Å². The van der Waals surface area contributed by atoms with Gasteiger partial charge in [0.15, 0.2) is 0 Å². The molecule has 21 heavy (non-hydrogen) atoms. The van der Waals surface area contributed by atoms with Crippen LogP contribution in [0.3, 0.4) is 0 Å². The van der Waals surface area contributed by atoms with Crippen molar-refractivity contribution in [3.63, 3.8) is 0 Å². The zero-order chi connectivity index (χ0) is 14.8. The van der Waals surface area contributed by atoms with Crippen molar-refractivity contribution >= 4 is 21.6 Å². The lowest BCUT2D eigenvalue weighted by atomic mass is 9.89. The molecular weight excluding hydrogens is 330 g/mol. The first kappa shape index (κ1) is 15.1. The Balaban J connectivity index is 1.99. The summed E-state index contributed by atoms with van der Waals surface area (Å²) in [7, 11) is 0. The van der Waals surface area contributed by atoms with Gasteiger partial charge in [0.05, 0.1) is 5.69 Å². The molecular formula is C16H24BrN3O. The fourth-order valence-electron chi connectivity index (χ4n) is 3.83. The summed E-state index contributed by atoms with van der Waals surface area (Å²) in [5, 5.41) is 14.0. The van der Waals surface area contributed by atoms with Gasteiger partial charge in [-0.05, 0) is 30.9 Å². The van der Waals surface area contributed by atoms with Gasteiger partial charge >= 0.3 is 0 Å². The van der Waals surface area contributed by atoms with Crippen molar-refractivity contribution in [2.75, 3.05) is 31.9 Å². The quantitative estimate of drug-likeness (QED) is 0.577. The van der Waals surface area contributed by atoms with Crippen molar-refractivity contribution in [1.82, 2.24) is 10.2 Å². The van der Waals surface area contributed by atoms with Gasteiger partial charge in [-0.1, -0.05) is 28.8 Å². The van der Waals surface area contributed by atoms with E-state index in [1.807, 2.05) is 6.07 Å². The second-order valence-electron chi connectivity index (χ2n) is 6.17. The fourth-order valence-corrected chi connectivity index (χ4v) is 4.39. The number of hydrogen-bond donors (Lipinski definition) is 3. The molecule has 0 radical (unpaired) electrons. The number of piperazine rings is 1. The third-order valence-corrected chi connectivity index (χ3v) is 5.57. The van der Waals surface area contributed by atoms with E-state index in [-0.39, 0.29) is 11.8 Å². The minimum absolute atomic E-state index is 0.264. The lowest BCUT2D eigenvalue weighted by Crippen LogP contribution is -2.46. The van der Waals surface area contributed by atoms with Crippen molar-refractivity contribution in [2.24, 2.45) is 5.92 Å². The number of benzene rings is 1. The summed E-state index contributed by atoms with van der Waals surface area (Å²) in [5.74, 6) is 0.881. The molecule has 4 N–H and O–H groups in total. The van der Waals surface area contributed by atoms with E-state index in [0.717, 1.165) is 36.2 Å². The number of phenolic OH excluding ortho intramolecular Hbond substituents is 1. The van der Waals surface area contributed by atoms with Crippen LogP contribution in [0.25, 0.3) is 0 Å². The van der Waals surface area contributed by atoms with Crippen molar-refractivity contribution in [3.8, 4) is 5.75 Å². The molecule has 1 heterocycles. The predicted molar refractivity (Wildman–Crippen MR) is 89.4 cm³/mol. The molecule has 1 atom stereocenters. The Morgan fingerprint density at radius 3 is 2.57 bits per heavy atom.